The van der Waals surface area contributed by atoms with E-state index in [0.29, 0.717) is 30.6 Å². The number of benzene rings is 1. The van der Waals surface area contributed by atoms with Crippen molar-refractivity contribution >= 4 is 15.7 Å². The maximum absolute atomic E-state index is 12.7. The Morgan fingerprint density at radius 2 is 1.78 bits per heavy atom. The second kappa shape index (κ2) is 8.50. The Bertz CT molecular complexity index is 769. The summed E-state index contributed by atoms with van der Waals surface area (Å²) in [7, 11) is -1.76. The van der Waals surface area contributed by atoms with Gasteiger partial charge in [-0.25, -0.2) is 8.42 Å². The number of ether oxygens (including phenoxy) is 2. The highest BCUT2D eigenvalue weighted by Gasteiger charge is 2.26. The van der Waals surface area contributed by atoms with Crippen LogP contribution < -0.4 is 9.47 Å². The highest BCUT2D eigenvalue weighted by molar-refractivity contribution is 7.91. The molecule has 1 fully saturated rings. The van der Waals surface area contributed by atoms with Gasteiger partial charge in [-0.1, -0.05) is 6.92 Å². The Kier molecular flexibility index (Phi) is 6.29. The molecule has 1 aliphatic heterocycles. The van der Waals surface area contributed by atoms with E-state index in [4.69, 9.17) is 9.47 Å². The van der Waals surface area contributed by atoms with E-state index in [0.717, 1.165) is 32.1 Å². The predicted octanol–water partition coefficient (Wildman–Crippen LogP) is 3.05. The van der Waals surface area contributed by atoms with Crippen molar-refractivity contribution in [2.24, 2.45) is 5.92 Å². The molecular formula is C20H29NO5S. The van der Waals surface area contributed by atoms with Crippen molar-refractivity contribution in [3.05, 3.63) is 18.2 Å². The summed E-state index contributed by atoms with van der Waals surface area (Å²) in [4.78, 5) is 14.4. The van der Waals surface area contributed by atoms with E-state index in [2.05, 4.69) is 6.92 Å². The molecule has 0 saturated heterocycles. The van der Waals surface area contributed by atoms with Gasteiger partial charge in [-0.2, -0.15) is 0 Å². The molecule has 1 amide bonds. The van der Waals surface area contributed by atoms with E-state index >= 15 is 0 Å². The van der Waals surface area contributed by atoms with E-state index in [-0.39, 0.29) is 29.0 Å². The van der Waals surface area contributed by atoms with E-state index in [1.54, 1.807) is 18.0 Å². The lowest BCUT2D eigenvalue weighted by Gasteiger charge is -2.33. The Morgan fingerprint density at radius 3 is 2.48 bits per heavy atom. The Balaban J connectivity index is 1.61. The van der Waals surface area contributed by atoms with E-state index in [1.807, 2.05) is 0 Å². The molecular weight excluding hydrogens is 366 g/mol. The van der Waals surface area contributed by atoms with E-state index in [1.165, 1.54) is 12.1 Å². The SMILES string of the molecule is CC1CCC(N(C)C(=O)CCS(=O)(=O)c2ccc3c(c2)OCCCO3)CC1. The lowest BCUT2D eigenvalue weighted by atomic mass is 9.87. The van der Waals surface area contributed by atoms with Crippen molar-refractivity contribution < 1.29 is 22.7 Å². The monoisotopic (exact) mass is 395 g/mol. The van der Waals surface area contributed by atoms with Crippen LogP contribution in [0.2, 0.25) is 0 Å². The summed E-state index contributed by atoms with van der Waals surface area (Å²) < 4.78 is 36.5. The molecule has 27 heavy (non-hydrogen) atoms. The molecule has 0 aromatic heterocycles. The third-order valence-corrected chi connectivity index (χ3v) is 7.30. The quantitative estimate of drug-likeness (QED) is 0.766. The molecule has 0 bridgehead atoms. The first-order valence-electron chi connectivity index (χ1n) is 9.75. The van der Waals surface area contributed by atoms with Gasteiger partial charge in [-0.3, -0.25) is 4.79 Å². The van der Waals surface area contributed by atoms with Crippen LogP contribution in [-0.2, 0) is 14.6 Å². The van der Waals surface area contributed by atoms with Crippen molar-refractivity contribution in [1.29, 1.82) is 0 Å². The smallest absolute Gasteiger partial charge is 0.223 e. The molecule has 6 nitrogen and oxygen atoms in total. The summed E-state index contributed by atoms with van der Waals surface area (Å²) in [6.07, 6.45) is 5.00. The third-order valence-electron chi connectivity index (χ3n) is 5.59. The topological polar surface area (TPSA) is 72.9 Å². The second-order valence-corrected chi connectivity index (χ2v) is 9.76. The zero-order valence-corrected chi connectivity index (χ0v) is 17.0. The zero-order valence-electron chi connectivity index (χ0n) is 16.1. The van der Waals surface area contributed by atoms with Crippen LogP contribution in [0, 0.1) is 5.92 Å². The minimum atomic E-state index is -3.56. The zero-order chi connectivity index (χ0) is 19.4. The summed E-state index contributed by atoms with van der Waals surface area (Å²) in [5.74, 6) is 1.43. The maximum atomic E-state index is 12.7. The van der Waals surface area contributed by atoms with E-state index in [9.17, 15) is 13.2 Å². The van der Waals surface area contributed by atoms with Gasteiger partial charge in [0.25, 0.3) is 0 Å². The number of carbonyl (C=O) groups excluding carboxylic acids is 1. The molecule has 0 atom stereocenters. The largest absolute Gasteiger partial charge is 0.490 e. The number of nitrogens with zero attached hydrogens (tertiary/aromatic N) is 1. The molecule has 0 N–H and O–H groups in total. The fourth-order valence-electron chi connectivity index (χ4n) is 3.69. The highest BCUT2D eigenvalue weighted by atomic mass is 32.2. The Hall–Kier alpha value is -1.76. The molecule has 1 aliphatic carbocycles. The normalized spacial score (nSPS) is 22.7. The first-order valence-corrected chi connectivity index (χ1v) is 11.4. The summed E-state index contributed by atoms with van der Waals surface area (Å²) in [5.41, 5.74) is 0. The molecule has 1 aromatic rings. The van der Waals surface area contributed by atoms with Gasteiger partial charge in [0.05, 0.1) is 23.9 Å². The standard InChI is InChI=1S/C20H29NO5S/c1-15-4-6-16(7-5-15)21(2)20(22)10-13-27(23,24)17-8-9-18-19(14-17)26-12-3-11-25-18/h8-9,14-16H,3-7,10-13H2,1-2H3. The van der Waals surface area contributed by atoms with Crippen molar-refractivity contribution in [3.63, 3.8) is 0 Å². The van der Waals surface area contributed by atoms with Gasteiger partial charge in [0.15, 0.2) is 21.3 Å². The van der Waals surface area contributed by atoms with Crippen molar-refractivity contribution in [1.82, 2.24) is 4.90 Å². The van der Waals surface area contributed by atoms with Crippen LogP contribution in [0.25, 0.3) is 0 Å². The van der Waals surface area contributed by atoms with Crippen LogP contribution in [0.15, 0.2) is 23.1 Å². The molecule has 0 unspecified atom stereocenters. The highest BCUT2D eigenvalue weighted by Crippen LogP contribution is 2.32. The third kappa shape index (κ3) is 4.94. The van der Waals surface area contributed by atoms with Crippen LogP contribution in [-0.4, -0.2) is 51.3 Å². The number of hydrogen-bond donors (Lipinski definition) is 0. The number of amides is 1. The lowest BCUT2D eigenvalue weighted by Crippen LogP contribution is -2.39. The first-order chi connectivity index (χ1) is 12.9. The van der Waals surface area contributed by atoms with Crippen LogP contribution in [0.1, 0.15) is 45.4 Å². The van der Waals surface area contributed by atoms with Gasteiger partial charge in [-0.15, -0.1) is 0 Å². The molecule has 0 spiro atoms. The van der Waals surface area contributed by atoms with Gasteiger partial charge in [0.1, 0.15) is 0 Å². The molecule has 1 aromatic carbocycles. The van der Waals surface area contributed by atoms with Crippen molar-refractivity contribution in [2.75, 3.05) is 26.0 Å². The summed E-state index contributed by atoms with van der Waals surface area (Å²) in [5, 5.41) is 0. The van der Waals surface area contributed by atoms with Crippen LogP contribution >= 0.6 is 0 Å². The molecule has 2 aliphatic rings. The van der Waals surface area contributed by atoms with Gasteiger partial charge < -0.3 is 14.4 Å². The average Bonchev–Trinajstić information content (AvgIpc) is 2.91. The van der Waals surface area contributed by atoms with Gasteiger partial charge in [0, 0.05) is 32.0 Å². The number of rotatable bonds is 5. The molecule has 7 heteroatoms. The molecule has 0 radical (unpaired) electrons. The summed E-state index contributed by atoms with van der Waals surface area (Å²) in [6.45, 7) is 3.29. The van der Waals surface area contributed by atoms with Gasteiger partial charge >= 0.3 is 0 Å². The van der Waals surface area contributed by atoms with Crippen LogP contribution in [0.5, 0.6) is 11.5 Å². The van der Waals surface area contributed by atoms with E-state index < -0.39 is 9.84 Å². The minimum Gasteiger partial charge on any atom is -0.490 e. The summed E-state index contributed by atoms with van der Waals surface area (Å²) in [6, 6.07) is 4.89. The molecule has 1 saturated carbocycles. The fourth-order valence-corrected chi connectivity index (χ4v) is 4.93. The Labute approximate surface area is 161 Å². The first kappa shape index (κ1) is 20.0. The number of sulfone groups is 1. The number of carbonyl (C=O) groups is 1. The average molecular weight is 396 g/mol. The number of hydrogen-bond acceptors (Lipinski definition) is 5. The Morgan fingerprint density at radius 1 is 1.11 bits per heavy atom. The van der Waals surface area contributed by atoms with Gasteiger partial charge in [-0.05, 0) is 43.7 Å². The maximum Gasteiger partial charge on any atom is 0.223 e. The minimum absolute atomic E-state index is 0.000666. The second-order valence-electron chi connectivity index (χ2n) is 7.65. The van der Waals surface area contributed by atoms with Crippen molar-refractivity contribution in [3.8, 4) is 11.5 Å². The molecule has 150 valence electrons. The van der Waals surface area contributed by atoms with Crippen LogP contribution in [0.4, 0.5) is 0 Å². The predicted molar refractivity (Wildman–Crippen MR) is 103 cm³/mol. The molecule has 3 rings (SSSR count). The van der Waals surface area contributed by atoms with Crippen molar-refractivity contribution in [2.45, 2.75) is 56.4 Å². The van der Waals surface area contributed by atoms with Crippen LogP contribution in [0.3, 0.4) is 0 Å². The lowest BCUT2D eigenvalue weighted by molar-refractivity contribution is -0.132. The summed E-state index contributed by atoms with van der Waals surface area (Å²) >= 11 is 0. The molecule has 1 heterocycles. The number of fused-ring (bicyclic) bond motifs is 1. The van der Waals surface area contributed by atoms with Gasteiger partial charge in [0.2, 0.25) is 5.91 Å². The fraction of sp³-hybridized carbons (Fsp3) is 0.650.